The van der Waals surface area contributed by atoms with E-state index in [2.05, 4.69) is 164 Å². The average Bonchev–Trinajstić information content (AvgIpc) is 3.82. The van der Waals surface area contributed by atoms with Crippen LogP contribution in [0.2, 0.25) is 0 Å². The number of benzene rings is 9. The fourth-order valence-electron chi connectivity index (χ4n) is 9.39. The van der Waals surface area contributed by atoms with Crippen LogP contribution < -0.4 is 10.4 Å². The van der Waals surface area contributed by atoms with Crippen LogP contribution in [-0.2, 0) is 0 Å². The first-order valence-electron chi connectivity index (χ1n) is 18.8. The van der Waals surface area contributed by atoms with Gasteiger partial charge in [-0.3, -0.25) is 0 Å². The Hall–Kier alpha value is -6.90. The maximum atomic E-state index is 6.93. The predicted molar refractivity (Wildman–Crippen MR) is 227 cm³/mol. The van der Waals surface area contributed by atoms with Crippen LogP contribution in [-0.4, -0.2) is 0 Å². The van der Waals surface area contributed by atoms with Crippen molar-refractivity contribution in [3.05, 3.63) is 168 Å². The zero-order valence-corrected chi connectivity index (χ0v) is 29.4. The summed E-state index contributed by atoms with van der Waals surface area (Å²) in [5, 5.41) is 14.3. The van der Waals surface area contributed by atoms with E-state index in [1.807, 2.05) is 6.07 Å². The van der Waals surface area contributed by atoms with Gasteiger partial charge in [0.05, 0.1) is 0 Å². The lowest BCUT2D eigenvalue weighted by molar-refractivity contribution is 0.670. The summed E-state index contributed by atoms with van der Waals surface area (Å²) < 4.78 is 13.6. The molecule has 0 radical (unpaired) electrons. The number of fused-ring (bicyclic) bond motifs is 12. The molecule has 0 bridgehead atoms. The van der Waals surface area contributed by atoms with Gasteiger partial charge >= 0.3 is 0 Å². The van der Waals surface area contributed by atoms with Crippen molar-refractivity contribution in [2.24, 2.45) is 0 Å². The van der Waals surface area contributed by atoms with Gasteiger partial charge in [0.25, 0.3) is 0 Å². The highest BCUT2D eigenvalue weighted by Gasteiger charge is 2.24. The van der Waals surface area contributed by atoms with Crippen molar-refractivity contribution in [2.75, 3.05) is 0 Å². The summed E-state index contributed by atoms with van der Waals surface area (Å²) in [6.45, 7) is 0. The summed E-state index contributed by atoms with van der Waals surface area (Å²) in [5.74, 6) is 0. The molecule has 9 aromatic carbocycles. The van der Waals surface area contributed by atoms with E-state index >= 15 is 0 Å². The molecule has 12 rings (SSSR count). The van der Waals surface area contributed by atoms with Gasteiger partial charge in [0, 0.05) is 38.1 Å². The van der Waals surface area contributed by atoms with Crippen LogP contribution in [0.1, 0.15) is 12.8 Å². The summed E-state index contributed by atoms with van der Waals surface area (Å²) in [6.07, 6.45) is 6.90. The predicted octanol–water partition coefficient (Wildman–Crippen LogP) is 13.3. The summed E-state index contributed by atoms with van der Waals surface area (Å²) >= 11 is 0. The number of hydrogen-bond donors (Lipinski definition) is 0. The highest BCUT2D eigenvalue weighted by Crippen LogP contribution is 2.46. The smallest absolute Gasteiger partial charge is 0.143 e. The standard InChI is InChI=1S/C52H32O2/c1-2-14-31(15-3-1)32-26-27-40(34-17-5-4-16-33(32)34)48-36-19-6-8-21-38(36)49(39-22-9-7-20-37(39)48)45-30-44-41(50-43-23-11-13-25-47(43)54-52(45)50)28-29-42-35-18-10-12-24-46(35)53-51(42)44/h1-6,8,10-30H,7,9H2. The molecule has 54 heavy (non-hydrogen) atoms. The van der Waals surface area contributed by atoms with E-state index in [-0.39, 0.29) is 0 Å². The van der Waals surface area contributed by atoms with Crippen LogP contribution in [0.4, 0.5) is 0 Å². The molecule has 1 aliphatic carbocycles. The van der Waals surface area contributed by atoms with Crippen molar-refractivity contribution in [2.45, 2.75) is 12.8 Å². The molecular formula is C52H32O2. The minimum absolute atomic E-state index is 0.890. The van der Waals surface area contributed by atoms with E-state index < -0.39 is 0 Å². The van der Waals surface area contributed by atoms with Gasteiger partial charge in [0.15, 0.2) is 0 Å². The van der Waals surface area contributed by atoms with Crippen LogP contribution in [0.5, 0.6) is 0 Å². The van der Waals surface area contributed by atoms with Crippen LogP contribution in [0.15, 0.2) is 167 Å². The Bertz CT molecular complexity index is 3490. The summed E-state index contributed by atoms with van der Waals surface area (Å²) in [7, 11) is 0. The molecule has 0 amide bonds. The Balaban J connectivity index is 1.24. The fraction of sp³-hybridized carbons (Fsp3) is 0.0385. The Morgan fingerprint density at radius 3 is 1.57 bits per heavy atom. The third-order valence-electron chi connectivity index (χ3n) is 11.7. The van der Waals surface area contributed by atoms with Gasteiger partial charge in [-0.25, -0.2) is 0 Å². The van der Waals surface area contributed by atoms with Gasteiger partial charge in [0.2, 0.25) is 0 Å². The van der Waals surface area contributed by atoms with Crippen molar-refractivity contribution in [3.63, 3.8) is 0 Å². The van der Waals surface area contributed by atoms with Gasteiger partial charge in [-0.2, -0.15) is 0 Å². The second-order valence-corrected chi connectivity index (χ2v) is 14.5. The molecule has 252 valence electrons. The molecule has 0 aliphatic heterocycles. The molecule has 0 spiro atoms. The van der Waals surface area contributed by atoms with Gasteiger partial charge in [-0.15, -0.1) is 0 Å². The summed E-state index contributed by atoms with van der Waals surface area (Å²) in [4.78, 5) is 0. The SMILES string of the molecule is C1=c2c(-c3ccc(-c4ccccc4)c4ccccc34)c3ccccc3c(-c3cc4c(ccc5c6ccccc6oc54)c4c3oc3ccccc34)c2=CCC1. The number of para-hydroxylation sites is 2. The molecule has 0 fully saturated rings. The monoisotopic (exact) mass is 688 g/mol. The molecule has 2 aromatic heterocycles. The third-order valence-corrected chi connectivity index (χ3v) is 11.7. The Morgan fingerprint density at radius 1 is 0.333 bits per heavy atom. The molecule has 0 N–H and O–H groups in total. The molecule has 0 saturated carbocycles. The van der Waals surface area contributed by atoms with E-state index in [0.717, 1.165) is 73.1 Å². The van der Waals surface area contributed by atoms with Gasteiger partial charge < -0.3 is 8.83 Å². The van der Waals surface area contributed by atoms with Crippen molar-refractivity contribution >= 4 is 88.3 Å². The second-order valence-electron chi connectivity index (χ2n) is 14.5. The van der Waals surface area contributed by atoms with Gasteiger partial charge in [-0.05, 0) is 96.7 Å². The topological polar surface area (TPSA) is 26.3 Å². The first kappa shape index (κ1) is 29.7. The van der Waals surface area contributed by atoms with E-state index in [0.29, 0.717) is 0 Å². The average molecular weight is 689 g/mol. The number of rotatable bonds is 3. The van der Waals surface area contributed by atoms with E-state index in [1.165, 1.54) is 59.8 Å². The van der Waals surface area contributed by atoms with Crippen molar-refractivity contribution in [1.29, 1.82) is 0 Å². The van der Waals surface area contributed by atoms with Crippen molar-refractivity contribution in [1.82, 2.24) is 0 Å². The van der Waals surface area contributed by atoms with E-state index in [4.69, 9.17) is 8.83 Å². The zero-order valence-electron chi connectivity index (χ0n) is 29.4. The Labute approximate surface area is 310 Å². The number of furan rings is 2. The van der Waals surface area contributed by atoms with E-state index in [9.17, 15) is 0 Å². The van der Waals surface area contributed by atoms with Gasteiger partial charge in [-0.1, -0.05) is 146 Å². The van der Waals surface area contributed by atoms with Gasteiger partial charge in [0.1, 0.15) is 22.3 Å². The molecule has 2 heteroatoms. The summed E-state index contributed by atoms with van der Waals surface area (Å²) in [5.41, 5.74) is 11.0. The number of hydrogen-bond acceptors (Lipinski definition) is 2. The minimum Gasteiger partial charge on any atom is -0.455 e. The normalized spacial score (nSPS) is 13.0. The minimum atomic E-state index is 0.890. The fourth-order valence-corrected chi connectivity index (χ4v) is 9.39. The third kappa shape index (κ3) is 4.11. The lowest BCUT2D eigenvalue weighted by Gasteiger charge is -2.20. The van der Waals surface area contributed by atoms with Crippen LogP contribution in [0.25, 0.3) is 122 Å². The van der Waals surface area contributed by atoms with Crippen molar-refractivity contribution in [3.8, 4) is 33.4 Å². The Kier molecular flexibility index (Phi) is 6.20. The van der Waals surface area contributed by atoms with E-state index in [1.54, 1.807) is 0 Å². The largest absolute Gasteiger partial charge is 0.455 e. The molecule has 0 unspecified atom stereocenters. The molecule has 2 heterocycles. The Morgan fingerprint density at radius 2 is 0.852 bits per heavy atom. The quantitative estimate of drug-likeness (QED) is 0.185. The molecule has 0 saturated heterocycles. The lowest BCUT2D eigenvalue weighted by Crippen LogP contribution is -2.31. The van der Waals surface area contributed by atoms with Crippen molar-refractivity contribution < 1.29 is 8.83 Å². The zero-order chi connectivity index (χ0) is 35.3. The molecular weight excluding hydrogens is 657 g/mol. The summed E-state index contributed by atoms with van der Waals surface area (Å²) in [6, 6.07) is 56.9. The van der Waals surface area contributed by atoms with Crippen LogP contribution in [0, 0.1) is 0 Å². The molecule has 2 nitrogen and oxygen atoms in total. The highest BCUT2D eigenvalue weighted by molar-refractivity contribution is 6.29. The molecule has 1 aliphatic rings. The molecule has 11 aromatic rings. The molecule has 0 atom stereocenters. The lowest BCUT2D eigenvalue weighted by atomic mass is 9.83. The maximum Gasteiger partial charge on any atom is 0.143 e. The van der Waals surface area contributed by atoms with Crippen LogP contribution in [0.3, 0.4) is 0 Å². The first-order valence-corrected chi connectivity index (χ1v) is 18.8. The second kappa shape index (κ2) is 11.3. The van der Waals surface area contributed by atoms with Crippen LogP contribution >= 0.6 is 0 Å². The maximum absolute atomic E-state index is 6.93. The first-order chi connectivity index (χ1) is 26.8. The highest BCUT2D eigenvalue weighted by atomic mass is 16.3.